The molecule has 4 heteroatoms. The van der Waals surface area contributed by atoms with Crippen LogP contribution in [0.5, 0.6) is 0 Å². The molecule has 1 aromatic heterocycles. The molecule has 22 heavy (non-hydrogen) atoms. The summed E-state index contributed by atoms with van der Waals surface area (Å²) in [6.07, 6.45) is 1.66. The Hall–Kier alpha value is -1.94. The molecule has 0 bridgehead atoms. The van der Waals surface area contributed by atoms with Crippen molar-refractivity contribution in [2.24, 2.45) is 0 Å². The molecule has 0 N–H and O–H groups in total. The molecule has 1 aliphatic rings. The average Bonchev–Trinajstić information content (AvgIpc) is 2.53. The molecule has 2 aromatic rings. The lowest BCUT2D eigenvalue weighted by molar-refractivity contribution is 0.243. The molecule has 0 atom stereocenters. The normalized spacial score (nSPS) is 16.0. The molecule has 1 aliphatic heterocycles. The highest BCUT2D eigenvalue weighted by Crippen LogP contribution is 2.23. The van der Waals surface area contributed by atoms with Crippen molar-refractivity contribution in [3.63, 3.8) is 0 Å². The van der Waals surface area contributed by atoms with Crippen LogP contribution >= 0.6 is 0 Å². The second-order valence-corrected chi connectivity index (χ2v) is 5.99. The fraction of sp³-hybridized carbons (Fsp3) is 0.389. The van der Waals surface area contributed by atoms with Gasteiger partial charge in [-0.3, -0.25) is 9.88 Å². The number of pyridine rings is 1. The van der Waals surface area contributed by atoms with E-state index in [1.165, 1.54) is 22.9 Å². The molecule has 1 saturated heterocycles. The van der Waals surface area contributed by atoms with Crippen LogP contribution in [0.4, 0.5) is 10.1 Å². The zero-order valence-corrected chi connectivity index (χ0v) is 13.2. The van der Waals surface area contributed by atoms with Crippen LogP contribution in [0.3, 0.4) is 0 Å². The Morgan fingerprint density at radius 1 is 1.09 bits per heavy atom. The van der Waals surface area contributed by atoms with Crippen LogP contribution in [0.2, 0.25) is 0 Å². The van der Waals surface area contributed by atoms with E-state index >= 15 is 0 Å². The van der Waals surface area contributed by atoms with Crippen molar-refractivity contribution < 1.29 is 4.39 Å². The molecule has 116 valence electrons. The van der Waals surface area contributed by atoms with Crippen molar-refractivity contribution in [3.05, 3.63) is 59.2 Å². The number of nitrogens with zero attached hydrogens (tertiary/aromatic N) is 3. The number of halogens is 1. The number of hydrogen-bond donors (Lipinski definition) is 0. The zero-order valence-electron chi connectivity index (χ0n) is 13.2. The van der Waals surface area contributed by atoms with Gasteiger partial charge in [-0.25, -0.2) is 4.39 Å². The number of anilines is 1. The van der Waals surface area contributed by atoms with Crippen molar-refractivity contribution in [2.75, 3.05) is 31.1 Å². The predicted octanol–water partition coefficient (Wildman–Crippen LogP) is 3.16. The summed E-state index contributed by atoms with van der Waals surface area (Å²) in [5.41, 5.74) is 4.47. The quantitative estimate of drug-likeness (QED) is 0.868. The summed E-state index contributed by atoms with van der Waals surface area (Å²) in [6.45, 7) is 8.69. The molecular formula is C18H22FN3. The van der Waals surface area contributed by atoms with E-state index in [1.54, 1.807) is 12.3 Å². The topological polar surface area (TPSA) is 19.4 Å². The number of aryl methyl sites for hydroxylation is 2. The average molecular weight is 299 g/mol. The summed E-state index contributed by atoms with van der Waals surface area (Å²) in [5.74, 6) is -0.209. The minimum absolute atomic E-state index is 0.209. The zero-order chi connectivity index (χ0) is 15.5. The molecule has 1 aromatic carbocycles. The summed E-state index contributed by atoms with van der Waals surface area (Å²) >= 11 is 0. The van der Waals surface area contributed by atoms with Gasteiger partial charge in [-0.1, -0.05) is 12.1 Å². The molecule has 0 amide bonds. The molecule has 0 spiro atoms. The second kappa shape index (κ2) is 6.44. The summed E-state index contributed by atoms with van der Waals surface area (Å²) in [4.78, 5) is 8.84. The van der Waals surface area contributed by atoms with Crippen molar-refractivity contribution in [3.8, 4) is 0 Å². The highest BCUT2D eigenvalue weighted by molar-refractivity contribution is 5.55. The molecule has 2 heterocycles. The van der Waals surface area contributed by atoms with Gasteiger partial charge in [0.05, 0.1) is 5.69 Å². The van der Waals surface area contributed by atoms with Crippen molar-refractivity contribution in [1.82, 2.24) is 9.88 Å². The van der Waals surface area contributed by atoms with E-state index in [0.29, 0.717) is 12.2 Å². The fourth-order valence-electron chi connectivity index (χ4n) is 2.95. The third-order valence-electron chi connectivity index (χ3n) is 4.29. The van der Waals surface area contributed by atoms with Gasteiger partial charge in [0, 0.05) is 44.6 Å². The van der Waals surface area contributed by atoms with Gasteiger partial charge in [0.15, 0.2) is 0 Å². The minimum Gasteiger partial charge on any atom is -0.369 e. The smallest absolute Gasteiger partial charge is 0.146 e. The van der Waals surface area contributed by atoms with Gasteiger partial charge >= 0.3 is 0 Å². The first kappa shape index (κ1) is 15.0. The first-order valence-corrected chi connectivity index (χ1v) is 7.77. The number of benzene rings is 1. The van der Waals surface area contributed by atoms with Gasteiger partial charge in [-0.15, -0.1) is 0 Å². The molecule has 0 saturated carbocycles. The highest BCUT2D eigenvalue weighted by atomic mass is 19.1. The highest BCUT2D eigenvalue weighted by Gasteiger charge is 2.19. The van der Waals surface area contributed by atoms with Gasteiger partial charge in [0.2, 0.25) is 0 Å². The van der Waals surface area contributed by atoms with Crippen LogP contribution in [0.15, 0.2) is 36.5 Å². The Balaban J connectivity index is 1.63. The summed E-state index contributed by atoms with van der Waals surface area (Å²) < 4.78 is 13.7. The minimum atomic E-state index is -0.209. The SMILES string of the molecule is Cc1ccc(C)c(N2CCN(Cc3ncccc3F)CC2)c1. The van der Waals surface area contributed by atoms with E-state index in [4.69, 9.17) is 0 Å². The van der Waals surface area contributed by atoms with Gasteiger partial charge in [-0.2, -0.15) is 0 Å². The second-order valence-electron chi connectivity index (χ2n) is 5.99. The van der Waals surface area contributed by atoms with Crippen LogP contribution in [0.1, 0.15) is 16.8 Å². The Morgan fingerprint density at radius 3 is 2.59 bits per heavy atom. The first-order chi connectivity index (χ1) is 10.6. The van der Waals surface area contributed by atoms with Crippen molar-refractivity contribution in [2.45, 2.75) is 20.4 Å². The fourth-order valence-corrected chi connectivity index (χ4v) is 2.95. The number of aromatic nitrogens is 1. The maximum Gasteiger partial charge on any atom is 0.146 e. The third-order valence-corrected chi connectivity index (χ3v) is 4.29. The van der Waals surface area contributed by atoms with Crippen LogP contribution in [-0.4, -0.2) is 36.1 Å². The van der Waals surface area contributed by atoms with E-state index in [2.05, 4.69) is 46.8 Å². The van der Waals surface area contributed by atoms with Crippen LogP contribution in [0, 0.1) is 19.7 Å². The third kappa shape index (κ3) is 3.28. The molecule has 3 rings (SSSR count). The Bertz CT molecular complexity index is 649. The van der Waals surface area contributed by atoms with E-state index in [0.717, 1.165) is 26.2 Å². The van der Waals surface area contributed by atoms with Crippen molar-refractivity contribution in [1.29, 1.82) is 0 Å². The predicted molar refractivity (Wildman–Crippen MR) is 87.6 cm³/mol. The lowest BCUT2D eigenvalue weighted by atomic mass is 10.1. The molecule has 0 aliphatic carbocycles. The lowest BCUT2D eigenvalue weighted by Crippen LogP contribution is -2.46. The Kier molecular flexibility index (Phi) is 4.39. The summed E-state index contributed by atoms with van der Waals surface area (Å²) in [5, 5.41) is 0. The van der Waals surface area contributed by atoms with Gasteiger partial charge in [0.25, 0.3) is 0 Å². The molecular weight excluding hydrogens is 277 g/mol. The number of piperazine rings is 1. The first-order valence-electron chi connectivity index (χ1n) is 7.77. The molecule has 0 radical (unpaired) electrons. The Labute approximate surface area is 131 Å². The molecule has 3 nitrogen and oxygen atoms in total. The van der Waals surface area contributed by atoms with E-state index in [1.807, 2.05) is 0 Å². The largest absolute Gasteiger partial charge is 0.369 e. The van der Waals surface area contributed by atoms with Crippen LogP contribution in [-0.2, 0) is 6.54 Å². The monoisotopic (exact) mass is 299 g/mol. The standard InChI is InChI=1S/C18H22FN3/c1-14-5-6-15(2)18(12-14)22-10-8-21(9-11-22)13-17-16(19)4-3-7-20-17/h3-7,12H,8-11,13H2,1-2H3. The maximum absolute atomic E-state index is 13.7. The lowest BCUT2D eigenvalue weighted by Gasteiger charge is -2.36. The summed E-state index contributed by atoms with van der Waals surface area (Å²) in [7, 11) is 0. The maximum atomic E-state index is 13.7. The van der Waals surface area contributed by atoms with Gasteiger partial charge in [0.1, 0.15) is 5.82 Å². The molecule has 1 fully saturated rings. The van der Waals surface area contributed by atoms with Crippen LogP contribution < -0.4 is 4.90 Å². The molecule has 0 unspecified atom stereocenters. The number of hydrogen-bond acceptors (Lipinski definition) is 3. The van der Waals surface area contributed by atoms with E-state index in [9.17, 15) is 4.39 Å². The van der Waals surface area contributed by atoms with E-state index < -0.39 is 0 Å². The van der Waals surface area contributed by atoms with Crippen LogP contribution in [0.25, 0.3) is 0 Å². The summed E-state index contributed by atoms with van der Waals surface area (Å²) in [6, 6.07) is 9.70. The van der Waals surface area contributed by atoms with Crippen molar-refractivity contribution >= 4 is 5.69 Å². The Morgan fingerprint density at radius 2 is 1.86 bits per heavy atom. The van der Waals surface area contributed by atoms with Gasteiger partial charge < -0.3 is 4.90 Å². The van der Waals surface area contributed by atoms with E-state index in [-0.39, 0.29) is 5.82 Å². The number of rotatable bonds is 3. The van der Waals surface area contributed by atoms with Gasteiger partial charge in [-0.05, 0) is 43.2 Å².